The Morgan fingerprint density at radius 1 is 0.829 bits per heavy atom. The van der Waals surface area contributed by atoms with Crippen molar-refractivity contribution in [1.29, 1.82) is 0 Å². The predicted molar refractivity (Wildman–Crippen MR) is 140 cm³/mol. The number of rotatable bonds is 10. The van der Waals surface area contributed by atoms with E-state index >= 15 is 0 Å². The van der Waals surface area contributed by atoms with Gasteiger partial charge in [0.15, 0.2) is 6.61 Å². The third kappa shape index (κ3) is 9.11. The molecule has 0 aliphatic heterocycles. The molecule has 2 amide bonds. The highest BCUT2D eigenvalue weighted by molar-refractivity contribution is 7.99. The molecule has 0 unspecified atom stereocenters. The summed E-state index contributed by atoms with van der Waals surface area (Å²) in [7, 11) is 0. The fourth-order valence-corrected chi connectivity index (χ4v) is 4.16. The van der Waals surface area contributed by atoms with Crippen molar-refractivity contribution < 1.29 is 19.1 Å². The number of ether oxygens (including phenoxy) is 1. The topological polar surface area (TPSA) is 84.5 Å². The van der Waals surface area contributed by atoms with Crippen LogP contribution < -0.4 is 10.6 Å². The van der Waals surface area contributed by atoms with Gasteiger partial charge in [0.1, 0.15) is 0 Å². The van der Waals surface area contributed by atoms with Crippen molar-refractivity contribution in [3.05, 3.63) is 82.9 Å². The Hall–Kier alpha value is -3.29. The quantitative estimate of drug-likeness (QED) is 0.308. The van der Waals surface area contributed by atoms with Crippen molar-refractivity contribution >= 4 is 52.5 Å². The number of hydrogen-bond acceptors (Lipinski definition) is 5. The fraction of sp³-hybridized carbons (Fsp3) is 0.222. The lowest BCUT2D eigenvalue weighted by molar-refractivity contribution is -0.147. The molecular weight excluding hydrogens is 484 g/mol. The first-order valence-corrected chi connectivity index (χ1v) is 12.3. The van der Waals surface area contributed by atoms with Gasteiger partial charge in [0.25, 0.3) is 5.91 Å². The van der Waals surface area contributed by atoms with E-state index in [0.717, 1.165) is 20.9 Å². The smallest absolute Gasteiger partial charge is 0.306 e. The van der Waals surface area contributed by atoms with E-state index in [4.69, 9.17) is 16.3 Å². The molecule has 3 aromatic rings. The van der Waals surface area contributed by atoms with Crippen LogP contribution in [0.25, 0.3) is 0 Å². The van der Waals surface area contributed by atoms with Crippen LogP contribution >= 0.6 is 23.4 Å². The van der Waals surface area contributed by atoms with Crippen molar-refractivity contribution in [1.82, 2.24) is 0 Å². The number of esters is 1. The molecule has 0 aliphatic carbocycles. The number of benzene rings is 3. The van der Waals surface area contributed by atoms with Gasteiger partial charge < -0.3 is 15.4 Å². The maximum Gasteiger partial charge on any atom is 0.306 e. The summed E-state index contributed by atoms with van der Waals surface area (Å²) < 4.78 is 5.02. The van der Waals surface area contributed by atoms with E-state index in [0.29, 0.717) is 22.8 Å². The lowest BCUT2D eigenvalue weighted by Gasteiger charge is -2.10. The van der Waals surface area contributed by atoms with Crippen molar-refractivity contribution in [2.24, 2.45) is 0 Å². The van der Waals surface area contributed by atoms with Gasteiger partial charge in [-0.05, 0) is 80.4 Å². The van der Waals surface area contributed by atoms with E-state index < -0.39 is 11.9 Å². The van der Waals surface area contributed by atoms with Crippen LogP contribution in [-0.4, -0.2) is 24.4 Å². The molecular formula is C27H27ClN2O4S. The minimum Gasteiger partial charge on any atom is -0.456 e. The number of aryl methyl sites for hydroxylation is 2. The first-order chi connectivity index (χ1) is 16.8. The molecule has 0 spiro atoms. The van der Waals surface area contributed by atoms with E-state index in [1.54, 1.807) is 11.8 Å². The van der Waals surface area contributed by atoms with E-state index in [-0.39, 0.29) is 25.4 Å². The second-order valence-electron chi connectivity index (χ2n) is 8.01. The predicted octanol–water partition coefficient (Wildman–Crippen LogP) is 6.40. The maximum atomic E-state index is 12.2. The average molecular weight is 511 g/mol. The van der Waals surface area contributed by atoms with Gasteiger partial charge in [-0.15, -0.1) is 0 Å². The lowest BCUT2D eigenvalue weighted by atomic mass is 10.1. The van der Waals surface area contributed by atoms with Crippen molar-refractivity contribution in [3.63, 3.8) is 0 Å². The molecule has 8 heteroatoms. The molecule has 35 heavy (non-hydrogen) atoms. The van der Waals surface area contributed by atoms with Crippen LogP contribution in [0.2, 0.25) is 5.02 Å². The summed E-state index contributed by atoms with van der Waals surface area (Å²) >= 11 is 7.51. The largest absolute Gasteiger partial charge is 0.456 e. The molecule has 0 heterocycles. The molecule has 0 saturated carbocycles. The van der Waals surface area contributed by atoms with Gasteiger partial charge in [0, 0.05) is 39.0 Å². The molecule has 3 aromatic carbocycles. The summed E-state index contributed by atoms with van der Waals surface area (Å²) in [6, 6.07) is 20.8. The van der Waals surface area contributed by atoms with Crippen molar-refractivity contribution in [2.75, 3.05) is 17.2 Å². The van der Waals surface area contributed by atoms with Crippen LogP contribution in [0.1, 0.15) is 30.4 Å². The molecule has 0 aliphatic rings. The van der Waals surface area contributed by atoms with Crippen molar-refractivity contribution in [3.8, 4) is 0 Å². The summed E-state index contributed by atoms with van der Waals surface area (Å²) in [5, 5.41) is 6.24. The fourth-order valence-electron chi connectivity index (χ4n) is 3.22. The van der Waals surface area contributed by atoms with Crippen LogP contribution in [0.3, 0.4) is 0 Å². The van der Waals surface area contributed by atoms with E-state index in [9.17, 15) is 14.4 Å². The minimum absolute atomic E-state index is 0.0565. The number of nitrogens with one attached hydrogen (secondary N) is 2. The summed E-state index contributed by atoms with van der Waals surface area (Å²) in [5.74, 6) is -1.11. The number of amides is 2. The molecule has 0 bridgehead atoms. The molecule has 2 N–H and O–H groups in total. The Bertz CT molecular complexity index is 1180. The second kappa shape index (κ2) is 13.0. The van der Waals surface area contributed by atoms with Gasteiger partial charge in [-0.2, -0.15) is 0 Å². The average Bonchev–Trinajstić information content (AvgIpc) is 2.82. The summed E-state index contributed by atoms with van der Waals surface area (Å²) in [4.78, 5) is 38.2. The first kappa shape index (κ1) is 26.3. The number of halogens is 1. The third-order valence-corrected chi connectivity index (χ3v) is 6.26. The van der Waals surface area contributed by atoms with E-state index in [2.05, 4.69) is 10.6 Å². The highest BCUT2D eigenvalue weighted by Gasteiger charge is 2.11. The summed E-state index contributed by atoms with van der Waals surface area (Å²) in [6.07, 6.45) is 0.555. The Balaban J connectivity index is 1.33. The van der Waals surface area contributed by atoms with Gasteiger partial charge in [-0.25, -0.2) is 0 Å². The van der Waals surface area contributed by atoms with Gasteiger partial charge in [-0.1, -0.05) is 41.1 Å². The second-order valence-corrected chi connectivity index (χ2v) is 9.59. The van der Waals surface area contributed by atoms with Gasteiger partial charge in [-0.3, -0.25) is 14.4 Å². The number of hydrogen-bond donors (Lipinski definition) is 2. The molecule has 0 fully saturated rings. The van der Waals surface area contributed by atoms with Gasteiger partial charge in [0.05, 0.1) is 0 Å². The molecule has 3 rings (SSSR count). The Kier molecular flexibility index (Phi) is 9.76. The Morgan fingerprint density at radius 2 is 1.49 bits per heavy atom. The lowest BCUT2D eigenvalue weighted by Crippen LogP contribution is -2.21. The first-order valence-electron chi connectivity index (χ1n) is 11.1. The molecule has 182 valence electrons. The Morgan fingerprint density at radius 3 is 2.14 bits per heavy atom. The van der Waals surface area contributed by atoms with Crippen LogP contribution in [0.5, 0.6) is 0 Å². The summed E-state index contributed by atoms with van der Waals surface area (Å²) in [6.45, 7) is 3.51. The Labute approximate surface area is 214 Å². The third-order valence-electron chi connectivity index (χ3n) is 4.99. The van der Waals surface area contributed by atoms with E-state index in [1.165, 1.54) is 0 Å². The van der Waals surface area contributed by atoms with Crippen LogP contribution in [0, 0.1) is 13.8 Å². The normalized spacial score (nSPS) is 10.5. The number of carbonyl (C=O) groups excluding carboxylic acids is 3. The maximum absolute atomic E-state index is 12.2. The zero-order valence-corrected chi connectivity index (χ0v) is 21.2. The van der Waals surface area contributed by atoms with Gasteiger partial charge >= 0.3 is 5.97 Å². The molecule has 0 saturated heterocycles. The van der Waals surface area contributed by atoms with Crippen LogP contribution in [-0.2, 0) is 19.1 Å². The molecule has 0 aromatic heterocycles. The summed E-state index contributed by atoms with van der Waals surface area (Å²) in [5.41, 5.74) is 3.40. The standard InChI is InChI=1S/C27H27ClN2O4S/c1-18-6-15-24(19(2)16-18)30-26(32)17-34-27(33)5-3-4-25(31)29-21-9-13-23(14-10-21)35-22-11-7-20(28)8-12-22/h6-16H,3-5,17H2,1-2H3,(H,29,31)(H,30,32). The van der Waals surface area contributed by atoms with Gasteiger partial charge in [0.2, 0.25) is 5.91 Å². The number of carbonyl (C=O) groups is 3. The highest BCUT2D eigenvalue weighted by Crippen LogP contribution is 2.29. The van der Waals surface area contributed by atoms with E-state index in [1.807, 2.05) is 80.6 Å². The monoisotopic (exact) mass is 510 g/mol. The zero-order chi connectivity index (χ0) is 25.2. The highest BCUT2D eigenvalue weighted by atomic mass is 35.5. The SMILES string of the molecule is Cc1ccc(NC(=O)COC(=O)CCCC(=O)Nc2ccc(Sc3ccc(Cl)cc3)cc2)c(C)c1. The van der Waals surface area contributed by atoms with Crippen LogP contribution in [0.15, 0.2) is 76.5 Å². The van der Waals surface area contributed by atoms with Crippen molar-refractivity contribution in [2.45, 2.75) is 42.9 Å². The number of anilines is 2. The van der Waals surface area contributed by atoms with Crippen LogP contribution in [0.4, 0.5) is 11.4 Å². The zero-order valence-electron chi connectivity index (χ0n) is 19.6. The molecule has 0 radical (unpaired) electrons. The molecule has 0 atom stereocenters. The minimum atomic E-state index is -0.517. The molecule has 6 nitrogen and oxygen atoms in total.